The summed E-state index contributed by atoms with van der Waals surface area (Å²) in [5.74, 6) is -9.07. The Hall–Kier alpha value is -1.39. The molecule has 25 heavy (non-hydrogen) atoms. The number of nitrogens with one attached hydrogen (secondary N) is 1. The van der Waals surface area contributed by atoms with Gasteiger partial charge < -0.3 is 9.64 Å². The Morgan fingerprint density at radius 1 is 0.960 bits per heavy atom. The molecule has 5 nitrogen and oxygen atoms in total. The van der Waals surface area contributed by atoms with E-state index in [-0.39, 0.29) is 0 Å². The second-order valence-electron chi connectivity index (χ2n) is 6.28. The number of benzene rings is 1. The highest BCUT2D eigenvalue weighted by molar-refractivity contribution is 7.89. The summed E-state index contributed by atoms with van der Waals surface area (Å²) in [6, 6.07) is -0.00995. The molecule has 2 aliphatic rings. The van der Waals surface area contributed by atoms with Crippen molar-refractivity contribution in [2.75, 3.05) is 20.2 Å². The minimum atomic E-state index is -4.77. The molecular formula is C15H18F4N2O3S. The minimum Gasteiger partial charge on any atom is -0.491 e. The average molecular weight is 382 g/mol. The number of hydrogen-bond acceptors (Lipinski definition) is 4. The van der Waals surface area contributed by atoms with Crippen molar-refractivity contribution in [1.82, 2.24) is 9.62 Å². The van der Waals surface area contributed by atoms with Gasteiger partial charge in [0.2, 0.25) is 21.7 Å². The SMILES string of the molecule is COc1c(F)c(F)c(S(=O)(=O)NC2CCN(C3CC3)CC2)c(F)c1F. The fraction of sp³-hybridized carbons (Fsp3) is 0.600. The maximum atomic E-state index is 14.0. The summed E-state index contributed by atoms with van der Waals surface area (Å²) >= 11 is 0. The molecule has 1 heterocycles. The molecule has 2 fully saturated rings. The Kier molecular flexibility index (Phi) is 4.95. The van der Waals surface area contributed by atoms with Crippen molar-refractivity contribution in [3.8, 4) is 5.75 Å². The van der Waals surface area contributed by atoms with E-state index in [0.29, 0.717) is 32.0 Å². The number of ether oxygens (including phenoxy) is 1. The standard InChI is InChI=1S/C15H18F4N2O3S/c1-24-14-10(16)12(18)15(13(19)11(14)17)25(22,23)20-8-4-6-21(7-5-8)9-2-3-9/h8-9,20H,2-7H2,1H3. The van der Waals surface area contributed by atoms with Gasteiger partial charge in [-0.05, 0) is 38.8 Å². The van der Waals surface area contributed by atoms with Crippen LogP contribution in [0.5, 0.6) is 5.75 Å². The molecule has 1 aliphatic heterocycles. The highest BCUT2D eigenvalue weighted by atomic mass is 32.2. The molecule has 0 amide bonds. The van der Waals surface area contributed by atoms with E-state index in [4.69, 9.17) is 0 Å². The Morgan fingerprint density at radius 3 is 1.92 bits per heavy atom. The lowest BCUT2D eigenvalue weighted by atomic mass is 10.1. The molecule has 1 N–H and O–H groups in total. The third-order valence-corrected chi connectivity index (χ3v) is 6.11. The molecule has 0 aromatic heterocycles. The third kappa shape index (κ3) is 3.47. The van der Waals surface area contributed by atoms with Crippen molar-refractivity contribution < 1.29 is 30.7 Å². The van der Waals surface area contributed by atoms with Crippen LogP contribution in [0.4, 0.5) is 17.6 Å². The lowest BCUT2D eigenvalue weighted by Crippen LogP contribution is -2.45. The molecule has 0 radical (unpaired) electrons. The number of piperidine rings is 1. The predicted molar refractivity (Wildman–Crippen MR) is 80.8 cm³/mol. The summed E-state index contributed by atoms with van der Waals surface area (Å²) in [6.07, 6.45) is 3.16. The van der Waals surface area contributed by atoms with E-state index in [1.165, 1.54) is 0 Å². The van der Waals surface area contributed by atoms with Gasteiger partial charge in [-0.2, -0.15) is 8.78 Å². The first-order valence-corrected chi connectivity index (χ1v) is 9.41. The Morgan fingerprint density at radius 2 is 1.48 bits per heavy atom. The van der Waals surface area contributed by atoms with Crippen molar-refractivity contribution in [3.05, 3.63) is 23.3 Å². The van der Waals surface area contributed by atoms with E-state index in [0.717, 1.165) is 20.0 Å². The van der Waals surface area contributed by atoms with Crippen LogP contribution in [0.2, 0.25) is 0 Å². The van der Waals surface area contributed by atoms with Crippen LogP contribution in [0.3, 0.4) is 0 Å². The molecule has 1 saturated heterocycles. The molecule has 0 spiro atoms. The van der Waals surface area contributed by atoms with Gasteiger partial charge in [0, 0.05) is 12.1 Å². The van der Waals surface area contributed by atoms with E-state index < -0.39 is 50.0 Å². The van der Waals surface area contributed by atoms with Crippen LogP contribution in [0.1, 0.15) is 25.7 Å². The number of nitrogens with zero attached hydrogens (tertiary/aromatic N) is 1. The van der Waals surface area contributed by atoms with E-state index in [9.17, 15) is 26.0 Å². The van der Waals surface area contributed by atoms with Crippen LogP contribution in [-0.4, -0.2) is 45.6 Å². The van der Waals surface area contributed by atoms with Crippen LogP contribution >= 0.6 is 0 Å². The minimum absolute atomic E-state index is 0.458. The van der Waals surface area contributed by atoms with Gasteiger partial charge in [-0.25, -0.2) is 21.9 Å². The summed E-state index contributed by atoms with van der Waals surface area (Å²) in [4.78, 5) is 0.575. The number of sulfonamides is 1. The van der Waals surface area contributed by atoms with Gasteiger partial charge in [0.15, 0.2) is 22.3 Å². The number of methoxy groups -OCH3 is 1. The zero-order valence-corrected chi connectivity index (χ0v) is 14.3. The van der Waals surface area contributed by atoms with Gasteiger partial charge in [0.05, 0.1) is 7.11 Å². The van der Waals surface area contributed by atoms with Crippen molar-refractivity contribution in [1.29, 1.82) is 0 Å². The number of likely N-dealkylation sites (tertiary alicyclic amines) is 1. The molecule has 10 heteroatoms. The Labute approximate surface area is 143 Å². The fourth-order valence-electron chi connectivity index (χ4n) is 3.11. The van der Waals surface area contributed by atoms with Gasteiger partial charge in [-0.15, -0.1) is 0 Å². The molecule has 3 rings (SSSR count). The van der Waals surface area contributed by atoms with Gasteiger partial charge in [0.1, 0.15) is 0 Å². The smallest absolute Gasteiger partial charge is 0.246 e. The van der Waals surface area contributed by atoms with Crippen molar-refractivity contribution in [2.45, 2.75) is 42.7 Å². The zero-order chi connectivity index (χ0) is 18.4. The number of rotatable bonds is 5. The van der Waals surface area contributed by atoms with E-state index in [1.807, 2.05) is 0 Å². The maximum absolute atomic E-state index is 14.0. The predicted octanol–water partition coefficient (Wildman–Crippen LogP) is 2.16. The highest BCUT2D eigenvalue weighted by Gasteiger charge is 2.37. The lowest BCUT2D eigenvalue weighted by molar-refractivity contribution is 0.198. The van der Waals surface area contributed by atoms with E-state index >= 15 is 0 Å². The average Bonchev–Trinajstić information content (AvgIpc) is 3.39. The third-order valence-electron chi connectivity index (χ3n) is 4.57. The lowest BCUT2D eigenvalue weighted by Gasteiger charge is -2.32. The van der Waals surface area contributed by atoms with E-state index in [1.54, 1.807) is 0 Å². The quantitative estimate of drug-likeness (QED) is 0.626. The zero-order valence-electron chi connectivity index (χ0n) is 13.5. The molecule has 1 aliphatic carbocycles. The summed E-state index contributed by atoms with van der Waals surface area (Å²) in [6.45, 7) is 1.32. The molecular weight excluding hydrogens is 364 g/mol. The second-order valence-corrected chi connectivity index (χ2v) is 7.93. The monoisotopic (exact) mass is 382 g/mol. The first-order valence-electron chi connectivity index (χ1n) is 7.92. The van der Waals surface area contributed by atoms with Crippen LogP contribution in [0.15, 0.2) is 4.90 Å². The molecule has 0 unspecified atom stereocenters. The van der Waals surface area contributed by atoms with Crippen molar-refractivity contribution in [2.24, 2.45) is 0 Å². The Balaban J connectivity index is 1.83. The second kappa shape index (κ2) is 6.73. The molecule has 1 aromatic rings. The van der Waals surface area contributed by atoms with Gasteiger partial charge >= 0.3 is 0 Å². The van der Waals surface area contributed by atoms with Crippen LogP contribution in [0, 0.1) is 23.3 Å². The van der Waals surface area contributed by atoms with Crippen molar-refractivity contribution in [3.63, 3.8) is 0 Å². The summed E-state index contributed by atoms with van der Waals surface area (Å²) in [7, 11) is -3.95. The summed E-state index contributed by atoms with van der Waals surface area (Å²) in [5, 5.41) is 0. The van der Waals surface area contributed by atoms with Gasteiger partial charge in [0.25, 0.3) is 0 Å². The molecule has 1 saturated carbocycles. The van der Waals surface area contributed by atoms with Gasteiger partial charge in [-0.3, -0.25) is 0 Å². The van der Waals surface area contributed by atoms with Gasteiger partial charge in [-0.1, -0.05) is 0 Å². The molecule has 140 valence electrons. The molecule has 1 aromatic carbocycles. The highest BCUT2D eigenvalue weighted by Crippen LogP contribution is 2.33. The van der Waals surface area contributed by atoms with Crippen molar-refractivity contribution >= 4 is 10.0 Å². The first-order chi connectivity index (χ1) is 11.8. The van der Waals surface area contributed by atoms with Crippen LogP contribution in [0.25, 0.3) is 0 Å². The fourth-order valence-corrected chi connectivity index (χ4v) is 4.55. The van der Waals surface area contributed by atoms with Crippen LogP contribution < -0.4 is 9.46 Å². The molecule has 0 atom stereocenters. The van der Waals surface area contributed by atoms with Crippen LogP contribution in [-0.2, 0) is 10.0 Å². The first kappa shape index (κ1) is 18.4. The summed E-state index contributed by atoms with van der Waals surface area (Å²) < 4.78 is 86.6. The van der Waals surface area contributed by atoms with E-state index in [2.05, 4.69) is 14.4 Å². The maximum Gasteiger partial charge on any atom is 0.246 e. The normalized spacial score (nSPS) is 20.0. The largest absolute Gasteiger partial charge is 0.491 e. The topological polar surface area (TPSA) is 58.6 Å². The summed E-state index contributed by atoms with van der Waals surface area (Å²) in [5.41, 5.74) is 0. The Bertz CT molecular complexity index is 746. The number of hydrogen-bond donors (Lipinski definition) is 1. The molecule has 0 bridgehead atoms. The number of halogens is 4.